The zero-order valence-electron chi connectivity index (χ0n) is 9.96. The van der Waals surface area contributed by atoms with Crippen LogP contribution in [-0.4, -0.2) is 30.6 Å². The largest absolute Gasteiger partial charge is 0.329 e. The smallest absolute Gasteiger partial charge is 0.0218 e. The third-order valence-electron chi connectivity index (χ3n) is 4.32. The molecule has 0 spiro atoms. The van der Waals surface area contributed by atoms with Crippen LogP contribution in [0.4, 0.5) is 0 Å². The molecule has 1 saturated carbocycles. The monoisotopic (exact) mass is 210 g/mol. The molecule has 1 saturated heterocycles. The number of hydrogen-bond acceptors (Lipinski definition) is 2. The van der Waals surface area contributed by atoms with Crippen LogP contribution in [0.1, 0.15) is 51.4 Å². The highest BCUT2D eigenvalue weighted by atomic mass is 15.2. The van der Waals surface area contributed by atoms with E-state index in [-0.39, 0.29) is 0 Å². The summed E-state index contributed by atoms with van der Waals surface area (Å²) in [6.07, 6.45) is 11.5. The van der Waals surface area contributed by atoms with Crippen LogP contribution in [0.2, 0.25) is 0 Å². The molecule has 1 heterocycles. The minimum Gasteiger partial charge on any atom is -0.329 e. The zero-order chi connectivity index (χ0) is 10.5. The molecule has 2 nitrogen and oxygen atoms in total. The van der Waals surface area contributed by atoms with Crippen molar-refractivity contribution in [2.45, 2.75) is 57.4 Å². The van der Waals surface area contributed by atoms with Gasteiger partial charge in [-0.2, -0.15) is 0 Å². The van der Waals surface area contributed by atoms with E-state index in [1.807, 2.05) is 0 Å². The zero-order valence-corrected chi connectivity index (χ0v) is 9.96. The summed E-state index contributed by atoms with van der Waals surface area (Å²) < 4.78 is 0. The van der Waals surface area contributed by atoms with Gasteiger partial charge in [0.05, 0.1) is 0 Å². The first-order chi connectivity index (χ1) is 7.40. The van der Waals surface area contributed by atoms with Gasteiger partial charge >= 0.3 is 0 Å². The first-order valence-electron chi connectivity index (χ1n) is 6.84. The van der Waals surface area contributed by atoms with Crippen molar-refractivity contribution in [2.24, 2.45) is 11.7 Å². The molecule has 0 radical (unpaired) electrons. The Morgan fingerprint density at radius 2 is 1.73 bits per heavy atom. The molecule has 2 aliphatic rings. The van der Waals surface area contributed by atoms with E-state index in [2.05, 4.69) is 4.90 Å². The summed E-state index contributed by atoms with van der Waals surface area (Å²) in [4.78, 5) is 2.65. The van der Waals surface area contributed by atoms with E-state index < -0.39 is 0 Å². The molecule has 1 atom stereocenters. The minimum absolute atomic E-state index is 0.695. The topological polar surface area (TPSA) is 29.3 Å². The maximum Gasteiger partial charge on any atom is 0.0218 e. The van der Waals surface area contributed by atoms with Crippen LogP contribution in [0.25, 0.3) is 0 Å². The van der Waals surface area contributed by atoms with Gasteiger partial charge < -0.3 is 5.73 Å². The van der Waals surface area contributed by atoms with E-state index in [9.17, 15) is 0 Å². The predicted molar refractivity (Wildman–Crippen MR) is 64.8 cm³/mol. The fourth-order valence-corrected chi connectivity index (χ4v) is 3.27. The van der Waals surface area contributed by atoms with Crippen molar-refractivity contribution in [3.63, 3.8) is 0 Å². The molecule has 1 aliphatic carbocycles. The number of nitrogens with two attached hydrogens (primary N) is 1. The van der Waals surface area contributed by atoms with E-state index in [1.165, 1.54) is 64.5 Å². The normalized spacial score (nSPS) is 29.8. The quantitative estimate of drug-likeness (QED) is 0.772. The first-order valence-corrected chi connectivity index (χ1v) is 6.84. The summed E-state index contributed by atoms with van der Waals surface area (Å²) >= 11 is 0. The van der Waals surface area contributed by atoms with E-state index in [4.69, 9.17) is 5.73 Å². The lowest BCUT2D eigenvalue weighted by atomic mass is 9.99. The summed E-state index contributed by atoms with van der Waals surface area (Å²) in [5.41, 5.74) is 5.84. The van der Waals surface area contributed by atoms with Crippen molar-refractivity contribution in [3.8, 4) is 0 Å². The molecule has 0 aromatic rings. The number of piperidine rings is 1. The van der Waals surface area contributed by atoms with Crippen LogP contribution in [0.5, 0.6) is 0 Å². The second-order valence-electron chi connectivity index (χ2n) is 5.36. The number of rotatable bonds is 4. The van der Waals surface area contributed by atoms with Gasteiger partial charge in [0.2, 0.25) is 0 Å². The van der Waals surface area contributed by atoms with Gasteiger partial charge in [-0.3, -0.25) is 4.90 Å². The number of nitrogens with zero attached hydrogens (tertiary/aromatic N) is 1. The van der Waals surface area contributed by atoms with E-state index in [1.54, 1.807) is 0 Å². The van der Waals surface area contributed by atoms with Crippen LogP contribution in [-0.2, 0) is 0 Å². The molecule has 0 unspecified atom stereocenters. The van der Waals surface area contributed by atoms with Gasteiger partial charge in [-0.05, 0) is 38.3 Å². The molecule has 0 aromatic carbocycles. The summed E-state index contributed by atoms with van der Waals surface area (Å²) in [5, 5.41) is 0. The van der Waals surface area contributed by atoms with Gasteiger partial charge in [0.25, 0.3) is 0 Å². The number of likely N-dealkylation sites (tertiary alicyclic amines) is 1. The van der Waals surface area contributed by atoms with Crippen LogP contribution >= 0.6 is 0 Å². The average Bonchev–Trinajstić information content (AvgIpc) is 2.79. The molecule has 0 aromatic heterocycles. The van der Waals surface area contributed by atoms with Crippen molar-refractivity contribution < 1.29 is 0 Å². The van der Waals surface area contributed by atoms with Crippen LogP contribution in [0.15, 0.2) is 0 Å². The Morgan fingerprint density at radius 3 is 2.47 bits per heavy atom. The number of hydrogen-bond donors (Lipinski definition) is 1. The summed E-state index contributed by atoms with van der Waals surface area (Å²) in [6.45, 7) is 3.48. The second-order valence-corrected chi connectivity index (χ2v) is 5.36. The SMILES string of the molecule is NC[C@@H]1CCCCN1CCC1CCCC1. The van der Waals surface area contributed by atoms with Gasteiger partial charge in [-0.1, -0.05) is 32.1 Å². The predicted octanol–water partition coefficient (Wildman–Crippen LogP) is 2.38. The van der Waals surface area contributed by atoms with Crippen LogP contribution < -0.4 is 5.73 Å². The lowest BCUT2D eigenvalue weighted by Gasteiger charge is -2.35. The average molecular weight is 210 g/mol. The lowest BCUT2D eigenvalue weighted by molar-refractivity contribution is 0.143. The minimum atomic E-state index is 0.695. The van der Waals surface area contributed by atoms with Crippen molar-refractivity contribution in [3.05, 3.63) is 0 Å². The standard InChI is InChI=1S/C13H26N2/c14-11-13-7-3-4-9-15(13)10-8-12-5-1-2-6-12/h12-13H,1-11,14H2/t13-/m0/s1. The van der Waals surface area contributed by atoms with Gasteiger partial charge in [-0.15, -0.1) is 0 Å². The molecule has 0 amide bonds. The van der Waals surface area contributed by atoms with Crippen LogP contribution in [0, 0.1) is 5.92 Å². The van der Waals surface area contributed by atoms with Crippen molar-refractivity contribution >= 4 is 0 Å². The fourth-order valence-electron chi connectivity index (χ4n) is 3.27. The van der Waals surface area contributed by atoms with E-state index in [0.717, 1.165) is 12.5 Å². The fraction of sp³-hybridized carbons (Fsp3) is 1.00. The Kier molecular flexibility index (Phi) is 4.45. The highest BCUT2D eigenvalue weighted by Gasteiger charge is 2.22. The third-order valence-corrected chi connectivity index (χ3v) is 4.32. The summed E-state index contributed by atoms with van der Waals surface area (Å²) in [5.74, 6) is 1.03. The molecule has 2 heteroatoms. The second kappa shape index (κ2) is 5.86. The Labute approximate surface area is 94.2 Å². The van der Waals surface area contributed by atoms with Crippen LogP contribution in [0.3, 0.4) is 0 Å². The maximum absolute atomic E-state index is 5.84. The molecular formula is C13H26N2. The Balaban J connectivity index is 1.71. The Morgan fingerprint density at radius 1 is 1.00 bits per heavy atom. The first kappa shape index (κ1) is 11.4. The van der Waals surface area contributed by atoms with Gasteiger partial charge in [0.1, 0.15) is 0 Å². The molecule has 1 aliphatic heterocycles. The summed E-state index contributed by atoms with van der Waals surface area (Å²) in [7, 11) is 0. The lowest BCUT2D eigenvalue weighted by Crippen LogP contribution is -2.44. The Hall–Kier alpha value is -0.0800. The molecular weight excluding hydrogens is 184 g/mol. The molecule has 2 N–H and O–H groups in total. The maximum atomic E-state index is 5.84. The summed E-state index contributed by atoms with van der Waals surface area (Å²) in [6, 6.07) is 0.695. The van der Waals surface area contributed by atoms with Crippen molar-refractivity contribution in [1.82, 2.24) is 4.90 Å². The van der Waals surface area contributed by atoms with E-state index in [0.29, 0.717) is 6.04 Å². The van der Waals surface area contributed by atoms with Crippen molar-refractivity contribution in [1.29, 1.82) is 0 Å². The molecule has 88 valence electrons. The molecule has 15 heavy (non-hydrogen) atoms. The van der Waals surface area contributed by atoms with Gasteiger partial charge in [-0.25, -0.2) is 0 Å². The molecule has 2 rings (SSSR count). The van der Waals surface area contributed by atoms with E-state index >= 15 is 0 Å². The van der Waals surface area contributed by atoms with Gasteiger partial charge in [0, 0.05) is 12.6 Å². The van der Waals surface area contributed by atoms with Gasteiger partial charge in [0.15, 0.2) is 0 Å². The Bertz CT molecular complexity index is 175. The highest BCUT2D eigenvalue weighted by Crippen LogP contribution is 2.28. The highest BCUT2D eigenvalue weighted by molar-refractivity contribution is 4.79. The molecule has 0 bridgehead atoms. The molecule has 2 fully saturated rings. The third kappa shape index (κ3) is 3.18. The van der Waals surface area contributed by atoms with Crippen molar-refractivity contribution in [2.75, 3.05) is 19.6 Å².